The summed E-state index contributed by atoms with van der Waals surface area (Å²) in [6.07, 6.45) is 10.9. The van der Waals surface area contributed by atoms with Gasteiger partial charge in [-0.1, -0.05) is 43.2 Å². The van der Waals surface area contributed by atoms with Crippen molar-refractivity contribution in [3.8, 4) is 11.3 Å². The summed E-state index contributed by atoms with van der Waals surface area (Å²) in [6.45, 7) is 2.71. The van der Waals surface area contributed by atoms with Crippen LogP contribution in [0.2, 0.25) is 0 Å². The molecule has 8 nitrogen and oxygen atoms in total. The molecule has 2 saturated heterocycles. The van der Waals surface area contributed by atoms with Crippen LogP contribution in [-0.2, 0) is 6.54 Å². The molecule has 2 unspecified atom stereocenters. The van der Waals surface area contributed by atoms with Gasteiger partial charge in [0, 0.05) is 55.6 Å². The average Bonchev–Trinajstić information content (AvgIpc) is 3.70. The van der Waals surface area contributed by atoms with Gasteiger partial charge in [-0.2, -0.15) is 0 Å². The first kappa shape index (κ1) is 24.0. The van der Waals surface area contributed by atoms with Gasteiger partial charge in [0.15, 0.2) is 0 Å². The molecule has 37 heavy (non-hydrogen) atoms. The van der Waals surface area contributed by atoms with Crippen molar-refractivity contribution < 1.29 is 9.90 Å². The van der Waals surface area contributed by atoms with Gasteiger partial charge in [-0.15, -0.1) is 0 Å². The normalized spacial score (nSPS) is 25.2. The molecule has 3 aromatic rings. The number of rotatable bonds is 4. The van der Waals surface area contributed by atoms with E-state index in [2.05, 4.69) is 21.9 Å². The van der Waals surface area contributed by atoms with Crippen molar-refractivity contribution in [1.29, 1.82) is 0 Å². The van der Waals surface area contributed by atoms with Gasteiger partial charge in [0.2, 0.25) is 0 Å². The topological polar surface area (TPSA) is 83.6 Å². The summed E-state index contributed by atoms with van der Waals surface area (Å²) >= 11 is 0. The predicted molar refractivity (Wildman–Crippen MR) is 141 cm³/mol. The van der Waals surface area contributed by atoms with E-state index in [4.69, 9.17) is 0 Å². The first-order valence-electron chi connectivity index (χ1n) is 13.5. The molecule has 1 spiro atoms. The van der Waals surface area contributed by atoms with Gasteiger partial charge >= 0.3 is 6.03 Å². The summed E-state index contributed by atoms with van der Waals surface area (Å²) in [5.74, 6) is 0. The van der Waals surface area contributed by atoms with E-state index in [1.165, 1.54) is 0 Å². The second-order valence-electron chi connectivity index (χ2n) is 11.1. The summed E-state index contributed by atoms with van der Waals surface area (Å²) in [6, 6.07) is 15.6. The lowest BCUT2D eigenvalue weighted by molar-refractivity contribution is -0.136. The summed E-state index contributed by atoms with van der Waals surface area (Å²) in [5.41, 5.74) is -0.0994. The van der Waals surface area contributed by atoms with Crippen LogP contribution in [0.3, 0.4) is 0 Å². The number of benzene rings is 1. The molecule has 3 fully saturated rings. The van der Waals surface area contributed by atoms with Crippen molar-refractivity contribution in [2.24, 2.45) is 5.41 Å². The van der Waals surface area contributed by atoms with Gasteiger partial charge in [-0.3, -0.25) is 9.36 Å². The van der Waals surface area contributed by atoms with Crippen LogP contribution in [0.1, 0.15) is 44.6 Å². The minimum absolute atomic E-state index is 0.0778. The molecule has 4 heterocycles. The van der Waals surface area contributed by atoms with E-state index in [0.29, 0.717) is 31.2 Å². The number of aliphatic hydroxyl groups is 1. The van der Waals surface area contributed by atoms with E-state index in [-0.39, 0.29) is 18.1 Å². The predicted octanol–water partition coefficient (Wildman–Crippen LogP) is 3.78. The third-order valence-corrected chi connectivity index (χ3v) is 8.97. The molecular weight excluding hydrogens is 466 g/mol. The van der Waals surface area contributed by atoms with Crippen molar-refractivity contribution in [3.63, 3.8) is 0 Å². The van der Waals surface area contributed by atoms with Crippen LogP contribution in [0.4, 0.5) is 4.79 Å². The fourth-order valence-corrected chi connectivity index (χ4v) is 6.81. The third-order valence-electron chi connectivity index (χ3n) is 8.97. The second kappa shape index (κ2) is 9.49. The highest BCUT2D eigenvalue weighted by molar-refractivity contribution is 5.75. The van der Waals surface area contributed by atoms with E-state index in [1.54, 1.807) is 17.0 Å². The molecule has 194 valence electrons. The lowest BCUT2D eigenvalue weighted by Gasteiger charge is -2.52. The molecular formula is C29H35N5O3. The maximum atomic E-state index is 13.5. The van der Waals surface area contributed by atoms with Crippen LogP contribution < -0.4 is 5.56 Å². The first-order valence-corrected chi connectivity index (χ1v) is 13.5. The van der Waals surface area contributed by atoms with Gasteiger partial charge < -0.3 is 19.5 Å². The second-order valence-corrected chi connectivity index (χ2v) is 11.1. The molecule has 0 radical (unpaired) electrons. The maximum absolute atomic E-state index is 13.5. The average molecular weight is 502 g/mol. The minimum Gasteiger partial charge on any atom is -0.387 e. The highest BCUT2D eigenvalue weighted by Crippen LogP contribution is 2.51. The van der Waals surface area contributed by atoms with Crippen LogP contribution in [0.5, 0.6) is 0 Å². The summed E-state index contributed by atoms with van der Waals surface area (Å²) in [5, 5.41) is 12.1. The Morgan fingerprint density at radius 3 is 2.49 bits per heavy atom. The Hall–Kier alpha value is -3.39. The Morgan fingerprint density at radius 1 is 1.00 bits per heavy atom. The molecule has 8 heteroatoms. The van der Waals surface area contributed by atoms with Crippen molar-refractivity contribution in [1.82, 2.24) is 23.9 Å². The molecule has 3 aliphatic rings. The van der Waals surface area contributed by atoms with Gasteiger partial charge in [-0.25, -0.2) is 9.78 Å². The Bertz CT molecular complexity index is 1300. The van der Waals surface area contributed by atoms with Crippen LogP contribution in [-0.4, -0.2) is 66.8 Å². The largest absolute Gasteiger partial charge is 0.387 e. The number of aromatic nitrogens is 3. The van der Waals surface area contributed by atoms with Gasteiger partial charge in [0.1, 0.15) is 0 Å². The number of amides is 2. The monoisotopic (exact) mass is 501 g/mol. The molecule has 2 aromatic heterocycles. The van der Waals surface area contributed by atoms with Crippen molar-refractivity contribution in [2.45, 2.75) is 56.7 Å². The molecule has 1 saturated carbocycles. The number of urea groups is 1. The summed E-state index contributed by atoms with van der Waals surface area (Å²) < 4.78 is 3.74. The third kappa shape index (κ3) is 4.37. The standard InChI is InChI=1S/C29H35N5O3/c35-26-18-25(23-8-2-1-3-9-23)30-22-34(26)21-29(37)13-17-33(20-28(29)11-4-5-12-28)27(36)32-16-10-24(19-32)31-14-6-7-15-31/h1-3,6-9,14-15,18,22,24,37H,4-5,10-13,16-17,19-21H2. The zero-order valence-corrected chi connectivity index (χ0v) is 21.2. The fraction of sp³-hybridized carbons (Fsp3) is 0.483. The molecule has 1 N–H and O–H groups in total. The fourth-order valence-electron chi connectivity index (χ4n) is 6.81. The Balaban J connectivity index is 1.19. The van der Waals surface area contributed by atoms with Crippen LogP contribution in [0.25, 0.3) is 11.3 Å². The summed E-state index contributed by atoms with van der Waals surface area (Å²) in [7, 11) is 0. The van der Waals surface area contributed by atoms with Crippen molar-refractivity contribution in [2.75, 3.05) is 26.2 Å². The lowest BCUT2D eigenvalue weighted by Crippen LogP contribution is -2.63. The minimum atomic E-state index is -1.06. The molecule has 0 bridgehead atoms. The van der Waals surface area contributed by atoms with E-state index < -0.39 is 11.0 Å². The van der Waals surface area contributed by atoms with Crippen LogP contribution in [0, 0.1) is 5.41 Å². The molecule has 1 aliphatic carbocycles. The molecule has 1 aromatic carbocycles. The number of carbonyl (C=O) groups is 1. The Kier molecular flexibility index (Phi) is 6.15. The van der Waals surface area contributed by atoms with Crippen LogP contribution in [0.15, 0.2) is 72.0 Å². The van der Waals surface area contributed by atoms with E-state index in [9.17, 15) is 14.7 Å². The Morgan fingerprint density at radius 2 is 1.76 bits per heavy atom. The first-order chi connectivity index (χ1) is 18.0. The SMILES string of the molecule is O=C(N1CCC(n2cccc2)C1)N1CCC(O)(Cn2cnc(-c3ccccc3)cc2=O)C2(CCCC2)C1. The number of hydrogen-bond acceptors (Lipinski definition) is 4. The number of nitrogens with zero attached hydrogens (tertiary/aromatic N) is 5. The lowest BCUT2D eigenvalue weighted by atomic mass is 9.66. The number of piperidine rings is 1. The molecule has 2 atom stereocenters. The van der Waals surface area contributed by atoms with Crippen molar-refractivity contribution in [3.05, 3.63) is 77.6 Å². The summed E-state index contributed by atoms with van der Waals surface area (Å²) in [4.78, 5) is 35.0. The quantitative estimate of drug-likeness (QED) is 0.590. The van der Waals surface area contributed by atoms with Crippen molar-refractivity contribution >= 4 is 6.03 Å². The Labute approximate surface area is 217 Å². The highest BCUT2D eigenvalue weighted by Gasteiger charge is 2.56. The highest BCUT2D eigenvalue weighted by atomic mass is 16.3. The zero-order chi connectivity index (χ0) is 25.5. The van der Waals surface area contributed by atoms with E-state index in [0.717, 1.165) is 50.8 Å². The van der Waals surface area contributed by atoms with Gasteiger partial charge in [0.25, 0.3) is 5.56 Å². The zero-order valence-electron chi connectivity index (χ0n) is 21.2. The van der Waals surface area contributed by atoms with Crippen LogP contribution >= 0.6 is 0 Å². The number of carbonyl (C=O) groups excluding carboxylic acids is 1. The van der Waals surface area contributed by atoms with E-state index >= 15 is 0 Å². The molecule has 2 aliphatic heterocycles. The molecule has 6 rings (SSSR count). The maximum Gasteiger partial charge on any atom is 0.320 e. The number of likely N-dealkylation sites (tertiary alicyclic amines) is 2. The molecule has 2 amide bonds. The van der Waals surface area contributed by atoms with Gasteiger partial charge in [0.05, 0.1) is 30.2 Å². The smallest absolute Gasteiger partial charge is 0.320 e. The number of hydrogen-bond donors (Lipinski definition) is 1. The van der Waals surface area contributed by atoms with Gasteiger partial charge in [-0.05, 0) is 37.8 Å². The van der Waals surface area contributed by atoms with E-state index in [1.807, 2.05) is 52.3 Å².